The molecule has 0 unspecified atom stereocenters. The summed E-state index contributed by atoms with van der Waals surface area (Å²) < 4.78 is 0. The van der Waals surface area contributed by atoms with E-state index in [2.05, 4.69) is 4.90 Å². The summed E-state index contributed by atoms with van der Waals surface area (Å²) in [7, 11) is 11.8. The first-order valence-electron chi connectivity index (χ1n) is 5.52. The normalized spacial score (nSPS) is 16.1. The van der Waals surface area contributed by atoms with Crippen molar-refractivity contribution in [3.63, 3.8) is 0 Å². The van der Waals surface area contributed by atoms with Gasteiger partial charge < -0.3 is 24.9 Å². The fraction of sp³-hybridized carbons (Fsp3) is 1.00. The lowest BCUT2D eigenvalue weighted by Crippen LogP contribution is -2.47. The van der Waals surface area contributed by atoms with Crippen LogP contribution in [0.1, 0.15) is 0 Å². The number of likely N-dealkylation sites (N-methyl/N-ethyl adjacent to an activating group) is 2. The molecule has 100 valence electrons. The second kappa shape index (κ2) is 11.3. The molecule has 1 aliphatic rings. The molecule has 1 fully saturated rings. The summed E-state index contributed by atoms with van der Waals surface area (Å²) in [5.41, 5.74) is 0. The third kappa shape index (κ3) is 19.4. The standard InChI is InChI=1S/C4H9NO.C4H11NO.C3H9N/c1-5-2-4(6)3-5;1-5(2)3-4-6;1-4(2)3/h4,6H,2-3H2,1H3;6H,3-4H2,1-2H3;1-3H3. The Morgan fingerprint density at radius 2 is 1.50 bits per heavy atom. The van der Waals surface area contributed by atoms with Crippen molar-refractivity contribution in [3.8, 4) is 0 Å². The number of hydrogen-bond donors (Lipinski definition) is 2. The monoisotopic (exact) mass is 235 g/mol. The molecule has 1 rings (SSSR count). The van der Waals surface area contributed by atoms with Crippen LogP contribution in [0, 0.1) is 0 Å². The Balaban J connectivity index is 0. The number of rotatable bonds is 2. The Labute approximate surface area is 100 Å². The van der Waals surface area contributed by atoms with Gasteiger partial charge in [0.2, 0.25) is 0 Å². The van der Waals surface area contributed by atoms with Crippen LogP contribution < -0.4 is 0 Å². The highest BCUT2D eigenvalue weighted by Crippen LogP contribution is 2.00. The van der Waals surface area contributed by atoms with E-state index in [1.807, 2.05) is 52.1 Å². The summed E-state index contributed by atoms with van der Waals surface area (Å²) in [5.74, 6) is 0. The smallest absolute Gasteiger partial charge is 0.0793 e. The fourth-order valence-electron chi connectivity index (χ4n) is 0.866. The third-order valence-electron chi connectivity index (χ3n) is 1.59. The van der Waals surface area contributed by atoms with Gasteiger partial charge in [-0.3, -0.25) is 0 Å². The fourth-order valence-corrected chi connectivity index (χ4v) is 0.866. The van der Waals surface area contributed by atoms with Crippen LogP contribution in [-0.4, -0.2) is 99.5 Å². The molecule has 0 aromatic heterocycles. The van der Waals surface area contributed by atoms with Gasteiger partial charge in [-0.1, -0.05) is 0 Å². The molecule has 1 saturated heterocycles. The second-order valence-corrected chi connectivity index (χ2v) is 4.74. The predicted octanol–water partition coefficient (Wildman–Crippen LogP) is -0.989. The summed E-state index contributed by atoms with van der Waals surface area (Å²) in [6.45, 7) is 2.74. The van der Waals surface area contributed by atoms with Gasteiger partial charge in [-0.05, 0) is 42.3 Å². The van der Waals surface area contributed by atoms with E-state index in [-0.39, 0.29) is 12.7 Å². The highest BCUT2D eigenvalue weighted by atomic mass is 16.3. The van der Waals surface area contributed by atoms with Crippen LogP contribution in [0.25, 0.3) is 0 Å². The first-order valence-corrected chi connectivity index (χ1v) is 5.52. The highest BCUT2D eigenvalue weighted by Gasteiger charge is 2.18. The van der Waals surface area contributed by atoms with Crippen molar-refractivity contribution in [2.75, 3.05) is 68.5 Å². The van der Waals surface area contributed by atoms with Crippen LogP contribution in [0.3, 0.4) is 0 Å². The van der Waals surface area contributed by atoms with E-state index < -0.39 is 0 Å². The first kappa shape index (κ1) is 18.2. The molecule has 5 nitrogen and oxygen atoms in total. The lowest BCUT2D eigenvalue weighted by Gasteiger charge is -2.31. The quantitative estimate of drug-likeness (QED) is 0.644. The van der Waals surface area contributed by atoms with E-state index in [9.17, 15) is 0 Å². The molecular weight excluding hydrogens is 206 g/mol. The molecule has 0 amide bonds. The molecule has 0 aliphatic carbocycles. The van der Waals surface area contributed by atoms with Crippen molar-refractivity contribution in [1.29, 1.82) is 0 Å². The molecule has 0 aromatic rings. The molecule has 2 N–H and O–H groups in total. The molecule has 0 radical (unpaired) electrons. The van der Waals surface area contributed by atoms with Gasteiger partial charge >= 0.3 is 0 Å². The summed E-state index contributed by atoms with van der Waals surface area (Å²) in [6.07, 6.45) is -0.0324. The molecule has 16 heavy (non-hydrogen) atoms. The van der Waals surface area contributed by atoms with Crippen LogP contribution in [0.5, 0.6) is 0 Å². The Kier molecular flexibility index (Phi) is 12.8. The van der Waals surface area contributed by atoms with E-state index in [1.54, 1.807) is 0 Å². The molecule has 0 saturated carbocycles. The van der Waals surface area contributed by atoms with E-state index in [0.717, 1.165) is 19.6 Å². The minimum atomic E-state index is -0.0324. The van der Waals surface area contributed by atoms with E-state index >= 15 is 0 Å². The van der Waals surface area contributed by atoms with E-state index in [1.165, 1.54) is 0 Å². The zero-order valence-electron chi connectivity index (χ0n) is 11.6. The van der Waals surface area contributed by atoms with Gasteiger partial charge in [-0.25, -0.2) is 0 Å². The second-order valence-electron chi connectivity index (χ2n) is 4.74. The van der Waals surface area contributed by atoms with Crippen LogP contribution >= 0.6 is 0 Å². The third-order valence-corrected chi connectivity index (χ3v) is 1.59. The maximum Gasteiger partial charge on any atom is 0.0793 e. The topological polar surface area (TPSA) is 50.2 Å². The summed E-state index contributed by atoms with van der Waals surface area (Å²) in [6, 6.07) is 0. The average Bonchev–Trinajstić information content (AvgIpc) is 2.01. The average molecular weight is 235 g/mol. The molecule has 5 heteroatoms. The maximum absolute atomic E-state index is 8.58. The molecular formula is C11H29N3O2. The van der Waals surface area contributed by atoms with Crippen molar-refractivity contribution in [1.82, 2.24) is 14.7 Å². The minimum absolute atomic E-state index is 0.0324. The Hall–Kier alpha value is -0.200. The Morgan fingerprint density at radius 1 is 1.12 bits per heavy atom. The zero-order valence-corrected chi connectivity index (χ0v) is 11.6. The van der Waals surface area contributed by atoms with Gasteiger partial charge in [0.25, 0.3) is 0 Å². The van der Waals surface area contributed by atoms with Crippen molar-refractivity contribution >= 4 is 0 Å². The van der Waals surface area contributed by atoms with Crippen LogP contribution in [0.4, 0.5) is 0 Å². The van der Waals surface area contributed by atoms with Gasteiger partial charge in [0.05, 0.1) is 12.7 Å². The van der Waals surface area contributed by atoms with Gasteiger partial charge in [-0.2, -0.15) is 0 Å². The molecule has 0 aromatic carbocycles. The SMILES string of the molecule is CN(C)C.CN(C)CCO.CN1CC(O)C1. The van der Waals surface area contributed by atoms with Crippen LogP contribution in [0.15, 0.2) is 0 Å². The molecule has 0 spiro atoms. The van der Waals surface area contributed by atoms with Crippen molar-refractivity contribution in [2.45, 2.75) is 6.10 Å². The minimum Gasteiger partial charge on any atom is -0.395 e. The summed E-state index contributed by atoms with van der Waals surface area (Å²) in [5, 5.41) is 16.8. The summed E-state index contributed by atoms with van der Waals surface area (Å²) in [4.78, 5) is 6.00. The molecule has 1 heterocycles. The van der Waals surface area contributed by atoms with Crippen molar-refractivity contribution < 1.29 is 10.2 Å². The van der Waals surface area contributed by atoms with E-state index in [4.69, 9.17) is 10.2 Å². The Bertz CT molecular complexity index is 123. The molecule has 0 bridgehead atoms. The van der Waals surface area contributed by atoms with Crippen LogP contribution in [-0.2, 0) is 0 Å². The van der Waals surface area contributed by atoms with Gasteiger partial charge in [-0.15, -0.1) is 0 Å². The number of likely N-dealkylation sites (tertiary alicyclic amines) is 1. The lowest BCUT2D eigenvalue weighted by atomic mass is 10.2. The number of aliphatic hydroxyl groups excluding tert-OH is 2. The molecule has 1 aliphatic heterocycles. The largest absolute Gasteiger partial charge is 0.395 e. The number of β-amino-alcohol motifs (C(OH)–C–C–N with tert-alkyl or cyclic N) is 1. The predicted molar refractivity (Wildman–Crippen MR) is 68.8 cm³/mol. The number of hydrogen-bond acceptors (Lipinski definition) is 5. The van der Waals surface area contributed by atoms with Gasteiger partial charge in [0, 0.05) is 19.6 Å². The van der Waals surface area contributed by atoms with Gasteiger partial charge in [0.1, 0.15) is 0 Å². The van der Waals surface area contributed by atoms with Gasteiger partial charge in [0.15, 0.2) is 0 Å². The van der Waals surface area contributed by atoms with Crippen molar-refractivity contribution in [2.24, 2.45) is 0 Å². The van der Waals surface area contributed by atoms with Crippen LogP contribution in [0.2, 0.25) is 0 Å². The first-order chi connectivity index (χ1) is 7.29. The maximum atomic E-state index is 8.58. The number of aliphatic hydroxyl groups is 2. The van der Waals surface area contributed by atoms with E-state index in [0.29, 0.717) is 0 Å². The zero-order chi connectivity index (χ0) is 13.1. The number of nitrogens with zero attached hydrogens (tertiary/aromatic N) is 3. The Morgan fingerprint density at radius 3 is 1.50 bits per heavy atom. The highest BCUT2D eigenvalue weighted by molar-refractivity contribution is 4.74. The molecule has 0 atom stereocenters. The summed E-state index contributed by atoms with van der Waals surface area (Å²) >= 11 is 0. The lowest BCUT2D eigenvalue weighted by molar-refractivity contribution is 0.0196. The van der Waals surface area contributed by atoms with Crippen molar-refractivity contribution in [3.05, 3.63) is 0 Å².